The molecule has 0 spiro atoms. The molecule has 7 heteroatoms. The number of carbonyl (C=O) groups excluding carboxylic acids is 1. The first-order chi connectivity index (χ1) is 11.6. The highest BCUT2D eigenvalue weighted by Gasteiger charge is 2.29. The van der Waals surface area contributed by atoms with Gasteiger partial charge in [-0.2, -0.15) is 0 Å². The summed E-state index contributed by atoms with van der Waals surface area (Å²) in [6, 6.07) is 0. The highest BCUT2D eigenvalue weighted by Crippen LogP contribution is 2.38. The van der Waals surface area contributed by atoms with E-state index in [0.717, 1.165) is 35.7 Å². The van der Waals surface area contributed by atoms with Crippen molar-refractivity contribution in [1.29, 1.82) is 0 Å². The Kier molecular flexibility index (Phi) is 4.14. The summed E-state index contributed by atoms with van der Waals surface area (Å²) in [5.41, 5.74) is 6.74. The minimum atomic E-state index is -0.446. The minimum Gasteiger partial charge on any atom is -0.367 e. The number of aryl methyl sites for hydroxylation is 3. The molecule has 128 valence electrons. The molecule has 0 aromatic carbocycles. The molecule has 0 radical (unpaired) electrons. The second-order valence-electron chi connectivity index (χ2n) is 6.62. The maximum absolute atomic E-state index is 11.2. The number of ether oxygens (including phenoxy) is 1. The van der Waals surface area contributed by atoms with Crippen molar-refractivity contribution in [3.63, 3.8) is 0 Å². The number of nitrogens with two attached hydrogens (primary N) is 1. The molecule has 1 aliphatic carbocycles. The predicted octanol–water partition coefficient (Wildman–Crippen LogP) is 2.32. The Morgan fingerprint density at radius 3 is 2.96 bits per heavy atom. The number of nitrogens with one attached hydrogen (secondary N) is 1. The van der Waals surface area contributed by atoms with E-state index in [1.54, 1.807) is 11.3 Å². The van der Waals surface area contributed by atoms with Crippen molar-refractivity contribution in [1.82, 2.24) is 9.97 Å². The van der Waals surface area contributed by atoms with Gasteiger partial charge in [-0.1, -0.05) is 0 Å². The van der Waals surface area contributed by atoms with Gasteiger partial charge < -0.3 is 15.8 Å². The van der Waals surface area contributed by atoms with E-state index < -0.39 is 6.10 Å². The molecule has 3 N–H and O–H groups in total. The SMILES string of the molecule is Cc1nc(NCC2CCC(C(N)=O)O2)c2c3c(sc2n1)CCCC3. The maximum atomic E-state index is 11.2. The maximum Gasteiger partial charge on any atom is 0.246 e. The van der Waals surface area contributed by atoms with E-state index in [1.807, 2.05) is 6.92 Å². The number of anilines is 1. The molecule has 2 aromatic heterocycles. The van der Waals surface area contributed by atoms with Crippen molar-refractivity contribution >= 4 is 33.3 Å². The number of amides is 1. The first kappa shape index (κ1) is 15.8. The summed E-state index contributed by atoms with van der Waals surface area (Å²) in [5, 5.41) is 4.63. The number of thiophene rings is 1. The van der Waals surface area contributed by atoms with Crippen LogP contribution in [0.5, 0.6) is 0 Å². The van der Waals surface area contributed by atoms with Crippen LogP contribution >= 0.6 is 11.3 Å². The molecule has 0 bridgehead atoms. The van der Waals surface area contributed by atoms with E-state index in [-0.39, 0.29) is 12.0 Å². The van der Waals surface area contributed by atoms with Crippen molar-refractivity contribution in [2.75, 3.05) is 11.9 Å². The molecule has 1 saturated heterocycles. The molecule has 1 fully saturated rings. The fraction of sp³-hybridized carbons (Fsp3) is 0.588. The van der Waals surface area contributed by atoms with Gasteiger partial charge in [0, 0.05) is 11.4 Å². The Balaban J connectivity index is 1.57. The molecule has 2 aliphatic rings. The first-order valence-electron chi connectivity index (χ1n) is 8.59. The van der Waals surface area contributed by atoms with Crippen LogP contribution in [0.1, 0.15) is 41.9 Å². The van der Waals surface area contributed by atoms with Gasteiger partial charge >= 0.3 is 0 Å². The van der Waals surface area contributed by atoms with Crippen LogP contribution in [0.4, 0.5) is 5.82 Å². The smallest absolute Gasteiger partial charge is 0.246 e. The summed E-state index contributed by atoms with van der Waals surface area (Å²) < 4.78 is 5.70. The van der Waals surface area contributed by atoms with Gasteiger partial charge in [0.25, 0.3) is 0 Å². The number of hydrogen-bond donors (Lipinski definition) is 2. The summed E-state index contributed by atoms with van der Waals surface area (Å²) in [7, 11) is 0. The average molecular weight is 346 g/mol. The van der Waals surface area contributed by atoms with Crippen molar-refractivity contribution in [2.45, 2.75) is 57.7 Å². The topological polar surface area (TPSA) is 90.1 Å². The molecule has 6 nitrogen and oxygen atoms in total. The van der Waals surface area contributed by atoms with Gasteiger partial charge in [0.15, 0.2) is 0 Å². The van der Waals surface area contributed by atoms with Crippen LogP contribution in [0.15, 0.2) is 0 Å². The van der Waals surface area contributed by atoms with Crippen molar-refractivity contribution < 1.29 is 9.53 Å². The van der Waals surface area contributed by atoms with Gasteiger partial charge in [0.2, 0.25) is 5.91 Å². The lowest BCUT2D eigenvalue weighted by molar-refractivity contribution is -0.128. The van der Waals surface area contributed by atoms with Crippen molar-refractivity contribution in [3.05, 3.63) is 16.3 Å². The fourth-order valence-electron chi connectivity index (χ4n) is 3.67. The molecular weight excluding hydrogens is 324 g/mol. The largest absolute Gasteiger partial charge is 0.367 e. The second-order valence-corrected chi connectivity index (χ2v) is 7.70. The van der Waals surface area contributed by atoms with Crippen LogP contribution in [0.3, 0.4) is 0 Å². The lowest BCUT2D eigenvalue weighted by Crippen LogP contribution is -2.30. The average Bonchev–Trinajstić information content (AvgIpc) is 3.16. The van der Waals surface area contributed by atoms with E-state index >= 15 is 0 Å². The Labute approximate surface area is 144 Å². The lowest BCUT2D eigenvalue weighted by atomic mass is 9.97. The number of carbonyl (C=O) groups is 1. The Morgan fingerprint density at radius 1 is 1.33 bits per heavy atom. The summed E-state index contributed by atoms with van der Waals surface area (Å²) in [6.45, 7) is 2.57. The van der Waals surface area contributed by atoms with E-state index in [9.17, 15) is 4.79 Å². The highest BCUT2D eigenvalue weighted by atomic mass is 32.1. The van der Waals surface area contributed by atoms with Crippen LogP contribution in [-0.4, -0.2) is 34.6 Å². The monoisotopic (exact) mass is 346 g/mol. The highest BCUT2D eigenvalue weighted by molar-refractivity contribution is 7.19. The van der Waals surface area contributed by atoms with E-state index in [0.29, 0.717) is 13.0 Å². The quantitative estimate of drug-likeness (QED) is 0.887. The zero-order chi connectivity index (χ0) is 16.7. The lowest BCUT2D eigenvalue weighted by Gasteiger charge is -2.15. The van der Waals surface area contributed by atoms with Gasteiger partial charge in [-0.25, -0.2) is 9.97 Å². The van der Waals surface area contributed by atoms with E-state index in [1.165, 1.54) is 28.7 Å². The van der Waals surface area contributed by atoms with Crippen LogP contribution in [-0.2, 0) is 22.4 Å². The van der Waals surface area contributed by atoms with Crippen LogP contribution in [0.25, 0.3) is 10.2 Å². The molecule has 4 rings (SSSR count). The number of aromatic nitrogens is 2. The molecule has 24 heavy (non-hydrogen) atoms. The third-order valence-electron chi connectivity index (χ3n) is 4.85. The molecule has 2 aromatic rings. The van der Waals surface area contributed by atoms with Gasteiger partial charge in [-0.05, 0) is 51.0 Å². The van der Waals surface area contributed by atoms with Gasteiger partial charge in [0.05, 0.1) is 11.5 Å². The van der Waals surface area contributed by atoms with Gasteiger partial charge in [-0.3, -0.25) is 4.79 Å². The van der Waals surface area contributed by atoms with Crippen LogP contribution in [0.2, 0.25) is 0 Å². The Bertz CT molecular complexity index is 788. The third-order valence-corrected chi connectivity index (χ3v) is 6.03. The van der Waals surface area contributed by atoms with Gasteiger partial charge in [-0.15, -0.1) is 11.3 Å². The molecule has 3 heterocycles. The normalized spacial score (nSPS) is 23.4. The van der Waals surface area contributed by atoms with E-state index in [2.05, 4.69) is 15.3 Å². The summed E-state index contributed by atoms with van der Waals surface area (Å²) in [6.07, 6.45) is 5.86. The molecule has 0 saturated carbocycles. The standard InChI is InChI=1S/C17H22N4O2S/c1-9-20-16(19-8-10-6-7-12(23-10)15(18)22)14-11-4-2-3-5-13(11)24-17(14)21-9/h10,12H,2-8H2,1H3,(H2,18,22)(H,19,20,21). The first-order valence-corrected chi connectivity index (χ1v) is 9.41. The number of fused-ring (bicyclic) bond motifs is 3. The van der Waals surface area contributed by atoms with E-state index in [4.69, 9.17) is 10.5 Å². The molecule has 1 amide bonds. The number of nitrogens with zero attached hydrogens (tertiary/aromatic N) is 2. The van der Waals surface area contributed by atoms with Crippen molar-refractivity contribution in [2.24, 2.45) is 5.73 Å². The Morgan fingerprint density at radius 2 is 2.17 bits per heavy atom. The molecule has 2 atom stereocenters. The Hall–Kier alpha value is -1.73. The number of hydrogen-bond acceptors (Lipinski definition) is 6. The number of rotatable bonds is 4. The minimum absolute atomic E-state index is 0.00211. The summed E-state index contributed by atoms with van der Waals surface area (Å²) in [4.78, 5) is 23.0. The zero-order valence-corrected chi connectivity index (χ0v) is 14.6. The van der Waals surface area contributed by atoms with Gasteiger partial charge in [0.1, 0.15) is 22.6 Å². The third kappa shape index (κ3) is 2.86. The van der Waals surface area contributed by atoms with Crippen molar-refractivity contribution in [3.8, 4) is 0 Å². The van der Waals surface area contributed by atoms with Crippen LogP contribution in [0, 0.1) is 6.92 Å². The molecular formula is C17H22N4O2S. The predicted molar refractivity (Wildman–Crippen MR) is 94.4 cm³/mol. The molecule has 2 unspecified atom stereocenters. The summed E-state index contributed by atoms with van der Waals surface area (Å²) in [5.74, 6) is 1.32. The van der Waals surface area contributed by atoms with Crippen LogP contribution < -0.4 is 11.1 Å². The number of primary amides is 1. The summed E-state index contributed by atoms with van der Waals surface area (Å²) >= 11 is 1.81. The second kappa shape index (κ2) is 6.29. The molecule has 1 aliphatic heterocycles. The fourth-order valence-corrected chi connectivity index (χ4v) is 4.97. The zero-order valence-electron chi connectivity index (χ0n) is 13.8.